The van der Waals surface area contributed by atoms with Gasteiger partial charge in [-0.2, -0.15) is 0 Å². The number of ether oxygens (including phenoxy) is 1. The quantitative estimate of drug-likeness (QED) is 0.615. The lowest BCUT2D eigenvalue weighted by Gasteiger charge is -2.53. The molecule has 0 spiro atoms. The lowest BCUT2D eigenvalue weighted by Crippen LogP contribution is -2.47. The van der Waals surface area contributed by atoms with Crippen molar-refractivity contribution in [1.82, 2.24) is 0 Å². The van der Waals surface area contributed by atoms with Crippen molar-refractivity contribution in [3.63, 3.8) is 0 Å². The van der Waals surface area contributed by atoms with E-state index in [0.29, 0.717) is 18.4 Å². The Bertz CT molecular complexity index is 875. The van der Waals surface area contributed by atoms with Crippen LogP contribution >= 0.6 is 0 Å². The summed E-state index contributed by atoms with van der Waals surface area (Å²) in [6.45, 7) is 5.34. The predicted octanol–water partition coefficient (Wildman–Crippen LogP) is 6.51. The molecular formula is C28H36O2. The smallest absolute Gasteiger partial charge is 0.120 e. The third-order valence-electron chi connectivity index (χ3n) is 8.73. The number of aliphatic hydroxyl groups excluding tert-OH is 1. The van der Waals surface area contributed by atoms with E-state index in [4.69, 9.17) is 4.74 Å². The Morgan fingerprint density at radius 1 is 1.07 bits per heavy atom. The summed E-state index contributed by atoms with van der Waals surface area (Å²) in [5.74, 6) is 3.83. The second kappa shape index (κ2) is 8.04. The molecule has 2 saturated carbocycles. The van der Waals surface area contributed by atoms with Gasteiger partial charge in [0.25, 0.3) is 0 Å². The molecule has 0 unspecified atom stereocenters. The zero-order chi connectivity index (χ0) is 20.7. The molecule has 30 heavy (non-hydrogen) atoms. The van der Waals surface area contributed by atoms with Gasteiger partial charge >= 0.3 is 0 Å². The Labute approximate surface area is 181 Å². The maximum atomic E-state index is 10.8. The van der Waals surface area contributed by atoms with E-state index in [2.05, 4.69) is 56.3 Å². The van der Waals surface area contributed by atoms with E-state index in [0.717, 1.165) is 24.0 Å². The summed E-state index contributed by atoms with van der Waals surface area (Å²) in [6, 6.07) is 17.3. The van der Waals surface area contributed by atoms with Crippen molar-refractivity contribution in [3.8, 4) is 5.75 Å². The van der Waals surface area contributed by atoms with Gasteiger partial charge in [0.05, 0.1) is 6.10 Å². The van der Waals surface area contributed by atoms with Crippen molar-refractivity contribution in [2.75, 3.05) is 0 Å². The second-order valence-corrected chi connectivity index (χ2v) is 10.3. The summed E-state index contributed by atoms with van der Waals surface area (Å²) >= 11 is 0. The van der Waals surface area contributed by atoms with Crippen LogP contribution in [0, 0.1) is 23.2 Å². The molecule has 0 bridgehead atoms. The molecule has 2 aromatic carbocycles. The number of benzene rings is 2. The standard InChI is InChI=1S/C28H36O2/c1-3-7-20-16-21-17-22(30-18-19-8-5-4-6-9-19)10-11-23(21)24-14-15-28(2)25(27(20)24)12-13-26(28)29/h4-6,8-11,17,20,24-27,29H,3,7,12-16,18H2,1-2H3/t20-,24-,25+,26+,27-,28+/m1/s1. The van der Waals surface area contributed by atoms with Crippen molar-refractivity contribution in [2.24, 2.45) is 23.2 Å². The van der Waals surface area contributed by atoms with Crippen molar-refractivity contribution in [1.29, 1.82) is 0 Å². The zero-order valence-corrected chi connectivity index (χ0v) is 18.5. The first kappa shape index (κ1) is 20.1. The van der Waals surface area contributed by atoms with Crippen molar-refractivity contribution < 1.29 is 9.84 Å². The maximum absolute atomic E-state index is 10.8. The van der Waals surface area contributed by atoms with Gasteiger partial charge < -0.3 is 9.84 Å². The minimum absolute atomic E-state index is 0.0964. The van der Waals surface area contributed by atoms with E-state index in [1.807, 2.05) is 6.07 Å². The van der Waals surface area contributed by atoms with E-state index >= 15 is 0 Å². The molecule has 1 N–H and O–H groups in total. The molecule has 3 aliphatic carbocycles. The lowest BCUT2D eigenvalue weighted by molar-refractivity contribution is -0.0394. The molecule has 0 radical (unpaired) electrons. The Balaban J connectivity index is 1.41. The highest BCUT2D eigenvalue weighted by Gasteiger charge is 2.56. The van der Waals surface area contributed by atoms with Gasteiger partial charge in [-0.25, -0.2) is 0 Å². The van der Waals surface area contributed by atoms with E-state index in [1.165, 1.54) is 49.7 Å². The molecule has 2 heteroatoms. The largest absolute Gasteiger partial charge is 0.489 e. The molecule has 0 saturated heterocycles. The Kier molecular flexibility index (Phi) is 5.39. The first-order valence-corrected chi connectivity index (χ1v) is 12.1. The fourth-order valence-corrected chi connectivity index (χ4v) is 7.22. The van der Waals surface area contributed by atoms with Gasteiger partial charge in [0.1, 0.15) is 12.4 Å². The molecule has 160 valence electrons. The molecule has 0 heterocycles. The van der Waals surface area contributed by atoms with E-state index < -0.39 is 0 Å². The van der Waals surface area contributed by atoms with Crippen molar-refractivity contribution in [2.45, 2.75) is 77.4 Å². The van der Waals surface area contributed by atoms with Crippen LogP contribution in [0.15, 0.2) is 48.5 Å². The van der Waals surface area contributed by atoms with Crippen LogP contribution in [-0.4, -0.2) is 11.2 Å². The van der Waals surface area contributed by atoms with Crippen LogP contribution < -0.4 is 4.74 Å². The fourth-order valence-electron chi connectivity index (χ4n) is 7.22. The van der Waals surface area contributed by atoms with Crippen LogP contribution in [0.4, 0.5) is 0 Å². The van der Waals surface area contributed by atoms with Gasteiger partial charge in [-0.1, -0.05) is 63.1 Å². The van der Waals surface area contributed by atoms with Gasteiger partial charge in [0, 0.05) is 0 Å². The number of rotatable bonds is 5. The first-order chi connectivity index (χ1) is 14.6. The SMILES string of the molecule is CCC[C@@H]1Cc2cc(OCc3ccccc3)ccc2[C@H]2CC[C@]3(C)[C@@H](O)CC[C@H]3[C@H]12. The van der Waals surface area contributed by atoms with Gasteiger partial charge in [0.15, 0.2) is 0 Å². The normalized spacial score (nSPS) is 34.7. The van der Waals surface area contributed by atoms with Gasteiger partial charge in [0.2, 0.25) is 0 Å². The highest BCUT2D eigenvalue weighted by Crippen LogP contribution is 2.62. The highest BCUT2D eigenvalue weighted by molar-refractivity contribution is 5.41. The third kappa shape index (κ3) is 3.38. The minimum Gasteiger partial charge on any atom is -0.489 e. The number of hydrogen-bond donors (Lipinski definition) is 1. The number of fused-ring (bicyclic) bond motifs is 5. The van der Waals surface area contributed by atoms with Crippen LogP contribution in [0.2, 0.25) is 0 Å². The molecule has 0 amide bonds. The summed E-state index contributed by atoms with van der Waals surface area (Å²) in [7, 11) is 0. The Hall–Kier alpha value is -1.80. The van der Waals surface area contributed by atoms with Crippen LogP contribution in [0.3, 0.4) is 0 Å². The fraction of sp³-hybridized carbons (Fsp3) is 0.571. The van der Waals surface area contributed by atoms with Crippen LogP contribution in [0.5, 0.6) is 5.75 Å². The molecule has 2 fully saturated rings. The molecule has 3 aliphatic rings. The molecule has 0 aromatic heterocycles. The monoisotopic (exact) mass is 404 g/mol. The predicted molar refractivity (Wildman–Crippen MR) is 122 cm³/mol. The Morgan fingerprint density at radius 3 is 2.70 bits per heavy atom. The third-order valence-corrected chi connectivity index (χ3v) is 8.73. The van der Waals surface area contributed by atoms with Crippen LogP contribution in [0.25, 0.3) is 0 Å². The molecule has 0 aliphatic heterocycles. The van der Waals surface area contributed by atoms with E-state index in [9.17, 15) is 5.11 Å². The maximum Gasteiger partial charge on any atom is 0.120 e. The summed E-state index contributed by atoms with van der Waals surface area (Å²) in [4.78, 5) is 0. The highest BCUT2D eigenvalue weighted by atomic mass is 16.5. The Morgan fingerprint density at radius 2 is 1.90 bits per heavy atom. The van der Waals surface area contributed by atoms with Gasteiger partial charge in [-0.15, -0.1) is 0 Å². The average molecular weight is 405 g/mol. The van der Waals surface area contributed by atoms with Crippen LogP contribution in [-0.2, 0) is 13.0 Å². The average Bonchev–Trinajstić information content (AvgIpc) is 3.07. The molecular weight excluding hydrogens is 368 g/mol. The van der Waals surface area contributed by atoms with Gasteiger partial charge in [-0.3, -0.25) is 0 Å². The molecule has 2 nitrogen and oxygen atoms in total. The molecule has 6 atom stereocenters. The van der Waals surface area contributed by atoms with Crippen molar-refractivity contribution >= 4 is 0 Å². The summed E-state index contributed by atoms with van der Waals surface area (Å²) in [5.41, 5.74) is 4.44. The van der Waals surface area contributed by atoms with Gasteiger partial charge in [-0.05, 0) is 90.0 Å². The zero-order valence-electron chi connectivity index (χ0n) is 18.5. The summed E-state index contributed by atoms with van der Waals surface area (Å²) in [5, 5.41) is 10.8. The minimum atomic E-state index is -0.0964. The lowest BCUT2D eigenvalue weighted by atomic mass is 9.52. The summed E-state index contributed by atoms with van der Waals surface area (Å²) < 4.78 is 6.16. The molecule has 5 rings (SSSR count). The van der Waals surface area contributed by atoms with Crippen LogP contribution in [0.1, 0.15) is 75.0 Å². The van der Waals surface area contributed by atoms with E-state index in [-0.39, 0.29) is 11.5 Å². The van der Waals surface area contributed by atoms with Crippen molar-refractivity contribution in [3.05, 3.63) is 65.2 Å². The number of aliphatic hydroxyl groups is 1. The second-order valence-electron chi connectivity index (χ2n) is 10.3. The summed E-state index contributed by atoms with van der Waals surface area (Å²) in [6.07, 6.45) is 8.25. The first-order valence-electron chi connectivity index (χ1n) is 12.1. The topological polar surface area (TPSA) is 29.5 Å². The number of hydrogen-bond acceptors (Lipinski definition) is 2. The van der Waals surface area contributed by atoms with E-state index in [1.54, 1.807) is 5.56 Å². The molecule has 2 aromatic rings.